The van der Waals surface area contributed by atoms with E-state index in [1.807, 2.05) is 19.2 Å². The molecule has 1 aromatic heterocycles. The summed E-state index contributed by atoms with van der Waals surface area (Å²) in [6, 6.07) is 4.93. The van der Waals surface area contributed by atoms with Gasteiger partial charge < -0.3 is 5.32 Å². The van der Waals surface area contributed by atoms with Crippen LogP contribution in [0.5, 0.6) is 0 Å². The Hall–Kier alpha value is -0.780. The summed E-state index contributed by atoms with van der Waals surface area (Å²) in [7, 11) is 0. The quantitative estimate of drug-likeness (QED) is 0.909. The lowest BCUT2D eigenvalue weighted by Gasteiger charge is -2.14. The van der Waals surface area contributed by atoms with E-state index in [2.05, 4.69) is 26.2 Å². The summed E-state index contributed by atoms with van der Waals surface area (Å²) in [5, 5.41) is 6.35. The first-order valence-corrected chi connectivity index (χ1v) is 7.33. The maximum Gasteiger partial charge on any atom is 0.128 e. The summed E-state index contributed by atoms with van der Waals surface area (Å²) in [5.74, 6) is -0.187. The Balaban J connectivity index is 2.03. The van der Waals surface area contributed by atoms with Crippen LogP contribution in [0.25, 0.3) is 0 Å². The molecule has 1 heterocycles. The van der Waals surface area contributed by atoms with Gasteiger partial charge in [0.2, 0.25) is 0 Å². The molecule has 0 bridgehead atoms. The lowest BCUT2D eigenvalue weighted by Crippen LogP contribution is -2.19. The zero-order valence-corrected chi connectivity index (χ0v) is 12.6. The second-order valence-electron chi connectivity index (χ2n) is 4.13. The third kappa shape index (κ3) is 3.37. The first-order valence-electron chi connectivity index (χ1n) is 5.65. The molecule has 0 aliphatic carbocycles. The van der Waals surface area contributed by atoms with E-state index in [0.717, 1.165) is 15.2 Å². The van der Waals surface area contributed by atoms with Crippen molar-refractivity contribution < 1.29 is 4.39 Å². The summed E-state index contributed by atoms with van der Waals surface area (Å²) in [6.45, 7) is 4.58. The lowest BCUT2D eigenvalue weighted by molar-refractivity contribution is 0.525. The molecule has 0 aliphatic rings. The van der Waals surface area contributed by atoms with Crippen LogP contribution in [0.1, 0.15) is 29.2 Å². The molecule has 2 rings (SSSR count). The van der Waals surface area contributed by atoms with Crippen molar-refractivity contribution >= 4 is 27.3 Å². The van der Waals surface area contributed by atoms with Gasteiger partial charge in [0.15, 0.2) is 0 Å². The molecular formula is C13H14BrFN2S. The zero-order chi connectivity index (χ0) is 13.1. The molecule has 0 spiro atoms. The Labute approximate surface area is 118 Å². The Bertz CT molecular complexity index is 542. The third-order valence-corrected chi connectivity index (χ3v) is 4.00. The number of thiazole rings is 1. The molecule has 1 atom stereocenters. The molecule has 0 fully saturated rings. The number of aryl methyl sites for hydroxylation is 1. The third-order valence-electron chi connectivity index (χ3n) is 2.68. The van der Waals surface area contributed by atoms with Crippen LogP contribution in [0, 0.1) is 12.7 Å². The highest BCUT2D eigenvalue weighted by Gasteiger charge is 2.11. The van der Waals surface area contributed by atoms with Crippen LogP contribution in [-0.2, 0) is 6.54 Å². The number of aromatic nitrogens is 1. The van der Waals surface area contributed by atoms with Crippen molar-refractivity contribution in [3.63, 3.8) is 0 Å². The number of benzene rings is 1. The molecule has 1 N–H and O–H groups in total. The molecule has 1 unspecified atom stereocenters. The van der Waals surface area contributed by atoms with Crippen molar-refractivity contribution in [3.05, 3.63) is 50.1 Å². The number of hydrogen-bond donors (Lipinski definition) is 1. The van der Waals surface area contributed by atoms with E-state index >= 15 is 0 Å². The molecular weight excluding hydrogens is 315 g/mol. The highest BCUT2D eigenvalue weighted by Crippen LogP contribution is 2.22. The molecule has 0 amide bonds. The minimum absolute atomic E-state index is 0.0514. The highest BCUT2D eigenvalue weighted by atomic mass is 79.9. The van der Waals surface area contributed by atoms with Gasteiger partial charge in [-0.1, -0.05) is 15.9 Å². The maximum absolute atomic E-state index is 13.7. The molecule has 0 saturated heterocycles. The van der Waals surface area contributed by atoms with E-state index in [0.29, 0.717) is 12.1 Å². The predicted octanol–water partition coefficient (Wildman–Crippen LogP) is 4.20. The van der Waals surface area contributed by atoms with Gasteiger partial charge in [-0.25, -0.2) is 9.37 Å². The number of hydrogen-bond acceptors (Lipinski definition) is 3. The van der Waals surface area contributed by atoms with Crippen LogP contribution >= 0.6 is 27.3 Å². The van der Waals surface area contributed by atoms with Crippen LogP contribution in [0.4, 0.5) is 4.39 Å². The molecule has 2 nitrogen and oxygen atoms in total. The second-order valence-corrected chi connectivity index (χ2v) is 6.10. The Morgan fingerprint density at radius 2 is 2.28 bits per heavy atom. The minimum atomic E-state index is -0.187. The van der Waals surface area contributed by atoms with Crippen LogP contribution in [0.15, 0.2) is 28.1 Å². The SMILES string of the molecule is Cc1nc(CNC(C)c2cc(Br)ccc2F)cs1. The molecule has 0 saturated carbocycles. The van der Waals surface area contributed by atoms with Gasteiger partial charge in [0, 0.05) is 28.0 Å². The fourth-order valence-corrected chi connectivity index (χ4v) is 2.69. The van der Waals surface area contributed by atoms with Crippen molar-refractivity contribution in [3.8, 4) is 0 Å². The molecule has 18 heavy (non-hydrogen) atoms. The van der Waals surface area contributed by atoms with Gasteiger partial charge >= 0.3 is 0 Å². The van der Waals surface area contributed by atoms with Crippen LogP contribution in [-0.4, -0.2) is 4.98 Å². The Morgan fingerprint density at radius 3 is 2.94 bits per heavy atom. The van der Waals surface area contributed by atoms with Gasteiger partial charge in [-0.05, 0) is 32.0 Å². The molecule has 2 aromatic rings. The summed E-state index contributed by atoms with van der Waals surface area (Å²) >= 11 is 4.98. The molecule has 5 heteroatoms. The van der Waals surface area contributed by atoms with Gasteiger partial charge in [0.25, 0.3) is 0 Å². The fraction of sp³-hybridized carbons (Fsp3) is 0.308. The van der Waals surface area contributed by atoms with E-state index in [-0.39, 0.29) is 11.9 Å². The van der Waals surface area contributed by atoms with Crippen LogP contribution in [0.2, 0.25) is 0 Å². The number of rotatable bonds is 4. The summed E-state index contributed by atoms with van der Waals surface area (Å²) < 4.78 is 14.6. The van der Waals surface area contributed by atoms with Gasteiger partial charge in [-0.2, -0.15) is 0 Å². The van der Waals surface area contributed by atoms with E-state index < -0.39 is 0 Å². The first kappa shape index (κ1) is 13.6. The molecule has 1 aromatic carbocycles. The van der Waals surface area contributed by atoms with Gasteiger partial charge in [-0.3, -0.25) is 0 Å². The number of halogens is 2. The van der Waals surface area contributed by atoms with Crippen molar-refractivity contribution in [2.24, 2.45) is 0 Å². The van der Waals surface area contributed by atoms with E-state index in [9.17, 15) is 4.39 Å². The zero-order valence-electron chi connectivity index (χ0n) is 10.2. The van der Waals surface area contributed by atoms with E-state index in [1.165, 1.54) is 6.07 Å². The smallest absolute Gasteiger partial charge is 0.128 e. The molecule has 0 aliphatic heterocycles. The molecule has 96 valence electrons. The van der Waals surface area contributed by atoms with Crippen molar-refractivity contribution in [1.82, 2.24) is 10.3 Å². The van der Waals surface area contributed by atoms with E-state index in [1.54, 1.807) is 23.5 Å². The minimum Gasteiger partial charge on any atom is -0.304 e. The molecule has 0 radical (unpaired) electrons. The number of nitrogens with zero attached hydrogens (tertiary/aromatic N) is 1. The standard InChI is InChI=1S/C13H14BrFN2S/c1-8(12-5-10(14)3-4-13(12)15)16-6-11-7-18-9(2)17-11/h3-5,7-8,16H,6H2,1-2H3. The van der Waals surface area contributed by atoms with Crippen molar-refractivity contribution in [2.75, 3.05) is 0 Å². The Kier molecular flexibility index (Phi) is 4.48. The monoisotopic (exact) mass is 328 g/mol. The van der Waals surface area contributed by atoms with Gasteiger partial charge in [0.1, 0.15) is 5.82 Å². The summed E-state index contributed by atoms with van der Waals surface area (Å²) in [5.41, 5.74) is 1.66. The lowest BCUT2D eigenvalue weighted by atomic mass is 10.1. The fourth-order valence-electron chi connectivity index (χ4n) is 1.70. The topological polar surface area (TPSA) is 24.9 Å². The van der Waals surface area contributed by atoms with Crippen molar-refractivity contribution in [1.29, 1.82) is 0 Å². The second kappa shape index (κ2) is 5.91. The largest absolute Gasteiger partial charge is 0.304 e. The van der Waals surface area contributed by atoms with Gasteiger partial charge in [-0.15, -0.1) is 11.3 Å². The van der Waals surface area contributed by atoms with E-state index in [4.69, 9.17) is 0 Å². The Morgan fingerprint density at radius 1 is 1.50 bits per heavy atom. The number of nitrogens with one attached hydrogen (secondary N) is 1. The summed E-state index contributed by atoms with van der Waals surface area (Å²) in [6.07, 6.45) is 0. The highest BCUT2D eigenvalue weighted by molar-refractivity contribution is 9.10. The van der Waals surface area contributed by atoms with Crippen molar-refractivity contribution in [2.45, 2.75) is 26.4 Å². The predicted molar refractivity (Wildman–Crippen MR) is 76.2 cm³/mol. The first-order chi connectivity index (χ1) is 8.56. The maximum atomic E-state index is 13.7. The van der Waals surface area contributed by atoms with Gasteiger partial charge in [0.05, 0.1) is 10.7 Å². The average molecular weight is 329 g/mol. The average Bonchev–Trinajstić information content (AvgIpc) is 2.75. The van der Waals surface area contributed by atoms with Crippen LogP contribution < -0.4 is 5.32 Å². The normalized spacial score (nSPS) is 12.7. The summed E-state index contributed by atoms with van der Waals surface area (Å²) in [4.78, 5) is 4.37. The van der Waals surface area contributed by atoms with Crippen LogP contribution in [0.3, 0.4) is 0 Å².